The van der Waals surface area contributed by atoms with Crippen LogP contribution in [0.15, 0.2) is 42.1 Å². The van der Waals surface area contributed by atoms with Crippen LogP contribution in [-0.4, -0.2) is 59.5 Å². The fourth-order valence-electron chi connectivity index (χ4n) is 4.29. The van der Waals surface area contributed by atoms with Gasteiger partial charge in [0.15, 0.2) is 11.5 Å². The standard InChI is InChI=1S/C22H26F2N4O5/c1-12(29)28-11-15(13-3-4-18(17(30)8-13)33-21(23)24)7-16(28)9-22(20(25)32)6-5-14(10-27-22)19(31)26-2/h3-6,8,10,15-16,21,27,30H,7,9,11H2,1-2H3,(H2,25,32)(H,26,31)/t15-,16-,22?/m1/s1. The van der Waals surface area contributed by atoms with Crippen LogP contribution in [0.25, 0.3) is 0 Å². The number of hydrogen-bond donors (Lipinski definition) is 4. The maximum absolute atomic E-state index is 12.5. The van der Waals surface area contributed by atoms with E-state index in [0.29, 0.717) is 24.1 Å². The fraction of sp³-hybridized carbons (Fsp3) is 0.409. The van der Waals surface area contributed by atoms with Crippen molar-refractivity contribution in [2.75, 3.05) is 13.6 Å². The molecular formula is C22H26F2N4O5. The van der Waals surface area contributed by atoms with E-state index in [1.807, 2.05) is 0 Å². The number of dihydropyridines is 1. The predicted octanol–water partition coefficient (Wildman–Crippen LogP) is 1.10. The van der Waals surface area contributed by atoms with E-state index in [1.165, 1.54) is 44.5 Å². The Balaban J connectivity index is 1.81. The molecule has 1 fully saturated rings. The quantitative estimate of drug-likeness (QED) is 0.478. The van der Waals surface area contributed by atoms with E-state index in [1.54, 1.807) is 11.0 Å². The first-order valence-electron chi connectivity index (χ1n) is 10.3. The van der Waals surface area contributed by atoms with Gasteiger partial charge in [-0.05, 0) is 36.3 Å². The van der Waals surface area contributed by atoms with Crippen LogP contribution in [0.3, 0.4) is 0 Å². The second-order valence-electron chi connectivity index (χ2n) is 8.06. The molecule has 9 nitrogen and oxygen atoms in total. The third-order valence-electron chi connectivity index (χ3n) is 6.01. The molecule has 0 saturated carbocycles. The highest BCUT2D eigenvalue weighted by Gasteiger charge is 2.43. The number of nitrogens with zero attached hydrogens (tertiary/aromatic N) is 1. The third-order valence-corrected chi connectivity index (χ3v) is 6.01. The summed E-state index contributed by atoms with van der Waals surface area (Å²) in [7, 11) is 1.49. The van der Waals surface area contributed by atoms with Crippen LogP contribution in [-0.2, 0) is 14.4 Å². The minimum atomic E-state index is -3.06. The van der Waals surface area contributed by atoms with E-state index in [0.717, 1.165) is 0 Å². The number of rotatable bonds is 7. The molecule has 3 rings (SSSR count). The first-order chi connectivity index (χ1) is 15.6. The van der Waals surface area contributed by atoms with E-state index in [4.69, 9.17) is 5.73 Å². The Morgan fingerprint density at radius 1 is 1.39 bits per heavy atom. The molecule has 0 bridgehead atoms. The average molecular weight is 464 g/mol. The first-order valence-corrected chi connectivity index (χ1v) is 10.3. The molecular weight excluding hydrogens is 438 g/mol. The van der Waals surface area contributed by atoms with Crippen molar-refractivity contribution in [3.8, 4) is 11.5 Å². The van der Waals surface area contributed by atoms with Crippen molar-refractivity contribution in [3.63, 3.8) is 0 Å². The zero-order valence-electron chi connectivity index (χ0n) is 18.2. The molecule has 11 heteroatoms. The molecule has 3 amide bonds. The minimum Gasteiger partial charge on any atom is -0.504 e. The van der Waals surface area contributed by atoms with Gasteiger partial charge in [0.1, 0.15) is 5.54 Å². The van der Waals surface area contributed by atoms with Gasteiger partial charge in [0.05, 0.1) is 5.57 Å². The number of carbonyl (C=O) groups is 3. The number of hydrogen-bond acceptors (Lipinski definition) is 6. The summed E-state index contributed by atoms with van der Waals surface area (Å²) in [4.78, 5) is 38.1. The smallest absolute Gasteiger partial charge is 0.387 e. The number of nitrogens with two attached hydrogens (primary N) is 1. The Kier molecular flexibility index (Phi) is 6.89. The van der Waals surface area contributed by atoms with E-state index in [2.05, 4.69) is 15.4 Å². The van der Waals surface area contributed by atoms with Crippen LogP contribution in [0.1, 0.15) is 31.2 Å². The number of phenolic OH excluding ortho intramolecular Hbond substituents is 1. The summed E-state index contributed by atoms with van der Waals surface area (Å²) in [5.41, 5.74) is 5.35. The largest absolute Gasteiger partial charge is 0.504 e. The molecule has 0 aromatic heterocycles. The highest BCUT2D eigenvalue weighted by molar-refractivity contribution is 5.97. The summed E-state index contributed by atoms with van der Waals surface area (Å²) < 4.78 is 29.2. The molecule has 2 aliphatic heterocycles. The number of amides is 3. The number of likely N-dealkylation sites (tertiary alicyclic amines) is 1. The lowest BCUT2D eigenvalue weighted by Crippen LogP contribution is -2.56. The van der Waals surface area contributed by atoms with Crippen molar-refractivity contribution in [3.05, 3.63) is 47.7 Å². The van der Waals surface area contributed by atoms with Crippen LogP contribution in [0.4, 0.5) is 8.78 Å². The monoisotopic (exact) mass is 464 g/mol. The topological polar surface area (TPSA) is 134 Å². The van der Waals surface area contributed by atoms with E-state index >= 15 is 0 Å². The molecule has 5 N–H and O–H groups in total. The predicted molar refractivity (Wildman–Crippen MR) is 114 cm³/mol. The molecule has 1 saturated heterocycles. The Hall–Kier alpha value is -3.63. The molecule has 1 aromatic rings. The van der Waals surface area contributed by atoms with Gasteiger partial charge in [0.25, 0.3) is 5.91 Å². The summed E-state index contributed by atoms with van der Waals surface area (Å²) in [6, 6.07) is 3.77. The van der Waals surface area contributed by atoms with Gasteiger partial charge in [0, 0.05) is 45.1 Å². The first kappa shape index (κ1) is 24.0. The lowest BCUT2D eigenvalue weighted by Gasteiger charge is -2.35. The Labute approximate surface area is 189 Å². The van der Waals surface area contributed by atoms with Gasteiger partial charge in [-0.1, -0.05) is 6.07 Å². The highest BCUT2D eigenvalue weighted by atomic mass is 19.3. The van der Waals surface area contributed by atoms with Crippen LogP contribution in [0.2, 0.25) is 0 Å². The molecule has 2 aliphatic rings. The highest BCUT2D eigenvalue weighted by Crippen LogP contribution is 2.39. The number of aromatic hydroxyl groups is 1. The van der Waals surface area contributed by atoms with Crippen LogP contribution < -0.4 is 21.1 Å². The van der Waals surface area contributed by atoms with E-state index in [-0.39, 0.29) is 35.9 Å². The lowest BCUT2D eigenvalue weighted by atomic mass is 9.84. The molecule has 2 heterocycles. The maximum atomic E-state index is 12.5. The number of benzene rings is 1. The van der Waals surface area contributed by atoms with Gasteiger partial charge in [-0.3, -0.25) is 14.4 Å². The molecule has 0 spiro atoms. The number of halogens is 2. The summed E-state index contributed by atoms with van der Waals surface area (Å²) in [6.45, 7) is -1.34. The van der Waals surface area contributed by atoms with Crippen molar-refractivity contribution in [2.45, 2.75) is 43.9 Å². The Morgan fingerprint density at radius 3 is 2.64 bits per heavy atom. The number of likely N-dealkylation sites (N-methyl/N-ethyl adjacent to an activating group) is 1. The van der Waals surface area contributed by atoms with Crippen molar-refractivity contribution < 1.29 is 33.0 Å². The lowest BCUT2D eigenvalue weighted by molar-refractivity contribution is -0.131. The SMILES string of the molecule is CNC(=O)C1=CNC(C[C@H]2C[C@@H](c3ccc(OC(F)F)c(O)c3)CN2C(C)=O)(C(N)=O)C=C1. The Morgan fingerprint density at radius 2 is 2.12 bits per heavy atom. The zero-order chi connectivity index (χ0) is 24.3. The van der Waals surface area contributed by atoms with Crippen LogP contribution >= 0.6 is 0 Å². The van der Waals surface area contributed by atoms with E-state index < -0.39 is 23.8 Å². The second-order valence-corrected chi connectivity index (χ2v) is 8.06. The zero-order valence-corrected chi connectivity index (χ0v) is 18.2. The molecule has 1 aromatic carbocycles. The summed E-state index contributed by atoms with van der Waals surface area (Å²) >= 11 is 0. The van der Waals surface area contributed by atoms with Crippen molar-refractivity contribution in [2.24, 2.45) is 5.73 Å². The summed E-state index contributed by atoms with van der Waals surface area (Å²) in [6.07, 6.45) is 5.04. The van der Waals surface area contributed by atoms with Crippen molar-refractivity contribution in [1.29, 1.82) is 0 Å². The number of primary amides is 1. The molecule has 0 aliphatic carbocycles. The average Bonchev–Trinajstić information content (AvgIpc) is 3.18. The van der Waals surface area contributed by atoms with Gasteiger partial charge in [-0.15, -0.1) is 0 Å². The van der Waals surface area contributed by atoms with E-state index in [9.17, 15) is 28.3 Å². The molecule has 1 unspecified atom stereocenters. The van der Waals surface area contributed by atoms with Gasteiger partial charge in [-0.2, -0.15) is 8.78 Å². The van der Waals surface area contributed by atoms with Crippen molar-refractivity contribution in [1.82, 2.24) is 15.5 Å². The molecule has 33 heavy (non-hydrogen) atoms. The fourth-order valence-corrected chi connectivity index (χ4v) is 4.29. The van der Waals surface area contributed by atoms with Crippen LogP contribution in [0, 0.1) is 0 Å². The third kappa shape index (κ3) is 5.07. The maximum Gasteiger partial charge on any atom is 0.387 e. The minimum absolute atomic E-state index is 0.158. The van der Waals surface area contributed by atoms with Crippen molar-refractivity contribution >= 4 is 17.7 Å². The summed E-state index contributed by atoms with van der Waals surface area (Å²) in [5, 5.41) is 15.5. The number of alkyl halides is 2. The summed E-state index contributed by atoms with van der Waals surface area (Å²) in [5.74, 6) is -2.17. The van der Waals surface area contributed by atoms with Gasteiger partial charge in [-0.25, -0.2) is 0 Å². The molecule has 178 valence electrons. The Bertz CT molecular complexity index is 1010. The number of ether oxygens (including phenoxy) is 1. The normalized spacial score (nSPS) is 24.3. The van der Waals surface area contributed by atoms with Gasteiger partial charge in [0.2, 0.25) is 11.8 Å². The second kappa shape index (κ2) is 9.47. The van der Waals surface area contributed by atoms with Gasteiger partial charge < -0.3 is 31.1 Å². The number of nitrogens with one attached hydrogen (secondary N) is 2. The van der Waals surface area contributed by atoms with Gasteiger partial charge >= 0.3 is 6.61 Å². The molecule has 3 atom stereocenters. The van der Waals surface area contributed by atoms with Crippen LogP contribution in [0.5, 0.6) is 11.5 Å². The molecule has 0 radical (unpaired) electrons. The number of carbonyl (C=O) groups excluding carboxylic acids is 3. The number of phenols is 1.